The summed E-state index contributed by atoms with van der Waals surface area (Å²) in [5, 5.41) is 1.95. The van der Waals surface area contributed by atoms with Gasteiger partial charge in [-0.05, 0) is 47.9 Å². The van der Waals surface area contributed by atoms with E-state index in [0.717, 1.165) is 28.6 Å². The monoisotopic (exact) mass is 381 g/mol. The number of aromatic nitrogens is 2. The number of nitrogens with zero attached hydrogens (tertiary/aromatic N) is 3. The Bertz CT molecular complexity index is 900. The van der Waals surface area contributed by atoms with Gasteiger partial charge in [0.05, 0.1) is 18.5 Å². The van der Waals surface area contributed by atoms with Gasteiger partial charge >= 0.3 is 0 Å². The molecule has 0 unspecified atom stereocenters. The molecular formula is C21H23N3O2S. The molecule has 0 radical (unpaired) electrons. The first kappa shape index (κ1) is 17.8. The number of imidazole rings is 1. The van der Waals surface area contributed by atoms with Crippen LogP contribution in [0.25, 0.3) is 0 Å². The molecule has 1 amide bonds. The predicted molar refractivity (Wildman–Crippen MR) is 106 cm³/mol. The molecule has 27 heavy (non-hydrogen) atoms. The van der Waals surface area contributed by atoms with Gasteiger partial charge < -0.3 is 14.2 Å². The van der Waals surface area contributed by atoms with Gasteiger partial charge in [-0.1, -0.05) is 18.2 Å². The van der Waals surface area contributed by atoms with Crippen molar-refractivity contribution in [1.82, 2.24) is 14.5 Å². The molecule has 0 N–H and O–H groups in total. The quantitative estimate of drug-likeness (QED) is 0.591. The fourth-order valence-electron chi connectivity index (χ4n) is 3.16. The lowest BCUT2D eigenvalue weighted by molar-refractivity contribution is 0.0733. The zero-order valence-corrected chi connectivity index (χ0v) is 16.2. The summed E-state index contributed by atoms with van der Waals surface area (Å²) in [7, 11) is 1.67. The van der Waals surface area contributed by atoms with Crippen LogP contribution in [0.4, 0.5) is 0 Å². The second kappa shape index (κ2) is 7.96. The first-order chi connectivity index (χ1) is 13.2. The number of benzene rings is 1. The first-order valence-electron chi connectivity index (χ1n) is 9.18. The van der Waals surface area contributed by atoms with Gasteiger partial charge in [-0.3, -0.25) is 4.79 Å². The average Bonchev–Trinajstić information content (AvgIpc) is 3.15. The molecule has 140 valence electrons. The van der Waals surface area contributed by atoms with Crippen molar-refractivity contribution in [3.63, 3.8) is 0 Å². The maximum atomic E-state index is 12.9. The van der Waals surface area contributed by atoms with Crippen LogP contribution in [-0.2, 0) is 13.1 Å². The van der Waals surface area contributed by atoms with Crippen LogP contribution < -0.4 is 4.74 Å². The molecule has 1 aromatic carbocycles. The molecule has 1 aliphatic carbocycles. The second-order valence-electron chi connectivity index (χ2n) is 6.93. The maximum absolute atomic E-state index is 12.9. The third kappa shape index (κ3) is 4.39. The van der Waals surface area contributed by atoms with E-state index in [4.69, 9.17) is 4.74 Å². The topological polar surface area (TPSA) is 47.4 Å². The van der Waals surface area contributed by atoms with Crippen LogP contribution in [0.3, 0.4) is 0 Å². The van der Waals surface area contributed by atoms with Gasteiger partial charge in [-0.15, -0.1) is 11.3 Å². The number of thiophene rings is 1. The smallest absolute Gasteiger partial charge is 0.264 e. The second-order valence-corrected chi connectivity index (χ2v) is 7.88. The Kier molecular flexibility index (Phi) is 5.25. The number of methoxy groups -OCH3 is 1. The number of rotatable bonds is 8. The normalized spacial score (nSPS) is 13.5. The predicted octanol–water partition coefficient (Wildman–Crippen LogP) is 4.05. The molecule has 0 spiro atoms. The highest BCUT2D eigenvalue weighted by molar-refractivity contribution is 7.12. The highest BCUT2D eigenvalue weighted by atomic mass is 32.1. The van der Waals surface area contributed by atoms with Gasteiger partial charge in [0.25, 0.3) is 5.91 Å². The van der Waals surface area contributed by atoms with Gasteiger partial charge in [0.15, 0.2) is 0 Å². The SMILES string of the molecule is COc1cccc(Cn2ccnc2CN(CC2CC2)C(=O)c2cccs2)c1. The molecule has 0 aliphatic heterocycles. The first-order valence-corrected chi connectivity index (χ1v) is 10.1. The molecular weight excluding hydrogens is 358 g/mol. The summed E-state index contributed by atoms with van der Waals surface area (Å²) in [6.07, 6.45) is 6.21. The third-order valence-electron chi connectivity index (χ3n) is 4.82. The molecule has 5 nitrogen and oxygen atoms in total. The third-order valence-corrected chi connectivity index (χ3v) is 5.67. The Morgan fingerprint density at radius 2 is 2.22 bits per heavy atom. The minimum Gasteiger partial charge on any atom is -0.497 e. The van der Waals surface area contributed by atoms with Crippen molar-refractivity contribution in [3.8, 4) is 5.75 Å². The molecule has 3 aromatic rings. The lowest BCUT2D eigenvalue weighted by Gasteiger charge is -2.22. The highest BCUT2D eigenvalue weighted by Crippen LogP contribution is 2.31. The summed E-state index contributed by atoms with van der Waals surface area (Å²) in [6.45, 7) is 2.05. The standard InChI is InChI=1S/C21H23N3O2S/c1-26-18-5-2-4-17(12-18)14-23-10-9-22-20(23)15-24(13-16-7-8-16)21(25)19-6-3-11-27-19/h2-6,9-12,16H,7-8,13-15H2,1H3. The van der Waals surface area contributed by atoms with Gasteiger partial charge in [0, 0.05) is 25.5 Å². The Morgan fingerprint density at radius 1 is 1.33 bits per heavy atom. The number of carbonyl (C=O) groups is 1. The number of ether oxygens (including phenoxy) is 1. The number of carbonyl (C=O) groups excluding carboxylic acids is 1. The van der Waals surface area contributed by atoms with E-state index in [1.54, 1.807) is 13.3 Å². The number of hydrogen-bond donors (Lipinski definition) is 0. The van der Waals surface area contributed by atoms with E-state index in [2.05, 4.69) is 15.6 Å². The van der Waals surface area contributed by atoms with E-state index >= 15 is 0 Å². The largest absolute Gasteiger partial charge is 0.497 e. The molecule has 0 saturated heterocycles. The van der Waals surface area contributed by atoms with Crippen molar-refractivity contribution in [3.05, 3.63) is 70.4 Å². The number of hydrogen-bond acceptors (Lipinski definition) is 4. The van der Waals surface area contributed by atoms with Crippen molar-refractivity contribution >= 4 is 17.2 Å². The molecule has 4 rings (SSSR count). The van der Waals surface area contributed by atoms with E-state index < -0.39 is 0 Å². The Hall–Kier alpha value is -2.60. The molecule has 1 saturated carbocycles. The van der Waals surface area contributed by atoms with Gasteiger partial charge in [-0.2, -0.15) is 0 Å². The minimum atomic E-state index is 0.104. The minimum absolute atomic E-state index is 0.104. The van der Waals surface area contributed by atoms with Crippen LogP contribution in [0.5, 0.6) is 5.75 Å². The van der Waals surface area contributed by atoms with E-state index in [1.165, 1.54) is 24.2 Å². The highest BCUT2D eigenvalue weighted by Gasteiger charge is 2.28. The van der Waals surface area contributed by atoms with Crippen LogP contribution in [-0.4, -0.2) is 34.0 Å². The summed E-state index contributed by atoms with van der Waals surface area (Å²) in [5.74, 6) is 2.49. The zero-order chi connectivity index (χ0) is 18.6. The lowest BCUT2D eigenvalue weighted by atomic mass is 10.2. The van der Waals surface area contributed by atoms with Gasteiger partial charge in [-0.25, -0.2) is 4.98 Å². The maximum Gasteiger partial charge on any atom is 0.264 e. The van der Waals surface area contributed by atoms with E-state index in [0.29, 0.717) is 19.0 Å². The van der Waals surface area contributed by atoms with Crippen molar-refractivity contribution in [1.29, 1.82) is 0 Å². The van der Waals surface area contributed by atoms with Crippen molar-refractivity contribution in [2.45, 2.75) is 25.9 Å². The lowest BCUT2D eigenvalue weighted by Crippen LogP contribution is -2.33. The molecule has 2 heterocycles. The van der Waals surface area contributed by atoms with Gasteiger partial charge in [0.2, 0.25) is 0 Å². The van der Waals surface area contributed by atoms with Crippen LogP contribution >= 0.6 is 11.3 Å². The molecule has 6 heteroatoms. The molecule has 1 aliphatic rings. The summed E-state index contributed by atoms with van der Waals surface area (Å²) >= 11 is 1.50. The summed E-state index contributed by atoms with van der Waals surface area (Å²) in [5.41, 5.74) is 1.15. The molecule has 0 atom stereocenters. The van der Waals surface area contributed by atoms with Crippen molar-refractivity contribution in [2.24, 2.45) is 5.92 Å². The molecule has 0 bridgehead atoms. The summed E-state index contributed by atoms with van der Waals surface area (Å²) < 4.78 is 7.42. The van der Waals surface area contributed by atoms with E-state index in [1.807, 2.05) is 46.8 Å². The van der Waals surface area contributed by atoms with E-state index in [-0.39, 0.29) is 5.91 Å². The summed E-state index contributed by atoms with van der Waals surface area (Å²) in [4.78, 5) is 20.2. The fraction of sp³-hybridized carbons (Fsp3) is 0.333. The van der Waals surface area contributed by atoms with Gasteiger partial charge in [0.1, 0.15) is 11.6 Å². The van der Waals surface area contributed by atoms with Crippen LogP contribution in [0.2, 0.25) is 0 Å². The van der Waals surface area contributed by atoms with Crippen LogP contribution in [0.1, 0.15) is 33.9 Å². The Morgan fingerprint density at radius 3 is 2.96 bits per heavy atom. The number of amides is 1. The van der Waals surface area contributed by atoms with Crippen LogP contribution in [0, 0.1) is 5.92 Å². The van der Waals surface area contributed by atoms with Crippen molar-refractivity contribution < 1.29 is 9.53 Å². The molecule has 2 aromatic heterocycles. The summed E-state index contributed by atoms with van der Waals surface area (Å²) in [6, 6.07) is 11.9. The van der Waals surface area contributed by atoms with Crippen LogP contribution in [0.15, 0.2) is 54.2 Å². The fourth-order valence-corrected chi connectivity index (χ4v) is 3.85. The average molecular weight is 382 g/mol. The Balaban J connectivity index is 1.52. The van der Waals surface area contributed by atoms with Crippen molar-refractivity contribution in [2.75, 3.05) is 13.7 Å². The van der Waals surface area contributed by atoms with E-state index in [9.17, 15) is 4.79 Å². The molecule has 1 fully saturated rings. The zero-order valence-electron chi connectivity index (χ0n) is 15.4. The Labute approximate surface area is 163 Å².